The van der Waals surface area contributed by atoms with Gasteiger partial charge in [-0.2, -0.15) is 0 Å². The molecule has 0 aromatic heterocycles. The van der Waals surface area contributed by atoms with Crippen LogP contribution in [-0.4, -0.2) is 99.6 Å². The molecule has 1 rings (SSSR count). The third kappa shape index (κ3) is 36.7. The molecule has 1 aliphatic rings. The first-order valence-electron chi connectivity index (χ1n) is 28.9. The molecule has 1 aliphatic heterocycles. The Morgan fingerprint density at radius 1 is 0.556 bits per heavy atom. The summed E-state index contributed by atoms with van der Waals surface area (Å²) < 4.78 is 17.5. The van der Waals surface area contributed by atoms with Gasteiger partial charge >= 0.3 is 5.97 Å². The smallest absolute Gasteiger partial charge is 0.306 e. The summed E-state index contributed by atoms with van der Waals surface area (Å²) in [6.07, 6.45) is 52.1. The molecule has 0 aromatic rings. The van der Waals surface area contributed by atoms with E-state index in [1.807, 2.05) is 18.2 Å². The molecule has 1 saturated heterocycles. The molecule has 0 radical (unpaired) electrons. The molecule has 6 N–H and O–H groups in total. The van der Waals surface area contributed by atoms with Gasteiger partial charge in [-0.1, -0.05) is 241 Å². The number of hydrogen-bond donors (Lipinski definition) is 6. The van der Waals surface area contributed by atoms with Crippen molar-refractivity contribution < 1.29 is 49.3 Å². The second-order valence-corrected chi connectivity index (χ2v) is 19.7. The maximum atomic E-state index is 13.3. The average molecular weight is 1010 g/mol. The molecule has 8 atom stereocenters. The number of rotatable bonds is 47. The van der Waals surface area contributed by atoms with Crippen molar-refractivity contribution in [1.29, 1.82) is 0 Å². The minimum Gasteiger partial charge on any atom is -0.454 e. The maximum absolute atomic E-state index is 13.3. The first-order valence-corrected chi connectivity index (χ1v) is 28.9. The molecule has 1 fully saturated rings. The van der Waals surface area contributed by atoms with E-state index in [2.05, 4.69) is 80.8 Å². The number of allylic oxidation sites excluding steroid dienone is 12. The molecular formula is C61H105NO10. The Bertz CT molecular complexity index is 1490. The Morgan fingerprint density at radius 2 is 0.986 bits per heavy atom. The largest absolute Gasteiger partial charge is 0.454 e. The molecule has 1 amide bonds. The van der Waals surface area contributed by atoms with Gasteiger partial charge in [0.05, 0.1) is 25.4 Å². The molecule has 72 heavy (non-hydrogen) atoms. The van der Waals surface area contributed by atoms with Crippen molar-refractivity contribution in [2.45, 2.75) is 275 Å². The summed E-state index contributed by atoms with van der Waals surface area (Å²) in [6.45, 7) is 5.61. The fraction of sp³-hybridized carbons (Fsp3) is 0.738. The van der Waals surface area contributed by atoms with Gasteiger partial charge in [-0.15, -0.1) is 0 Å². The summed E-state index contributed by atoms with van der Waals surface area (Å²) >= 11 is 0. The number of hydrogen-bond acceptors (Lipinski definition) is 10. The molecule has 0 saturated carbocycles. The number of unbranched alkanes of at least 4 members (excludes halogenated alkanes) is 22. The molecule has 0 aliphatic carbocycles. The van der Waals surface area contributed by atoms with Gasteiger partial charge in [0.2, 0.25) is 5.91 Å². The summed E-state index contributed by atoms with van der Waals surface area (Å²) in [6, 6.07) is -1.07. The highest BCUT2D eigenvalue weighted by Crippen LogP contribution is 2.26. The van der Waals surface area contributed by atoms with E-state index in [0.29, 0.717) is 12.8 Å². The van der Waals surface area contributed by atoms with E-state index in [1.165, 1.54) is 103 Å². The zero-order chi connectivity index (χ0) is 52.5. The van der Waals surface area contributed by atoms with E-state index >= 15 is 0 Å². The van der Waals surface area contributed by atoms with Crippen LogP contribution in [0, 0.1) is 0 Å². The topological polar surface area (TPSA) is 175 Å². The van der Waals surface area contributed by atoms with E-state index < -0.39 is 67.4 Å². The number of esters is 1. The summed E-state index contributed by atoms with van der Waals surface area (Å²) in [5.41, 5.74) is 0. The number of carbonyl (C=O) groups excluding carboxylic acids is 2. The lowest BCUT2D eigenvalue weighted by atomic mass is 9.99. The fourth-order valence-corrected chi connectivity index (χ4v) is 8.49. The Hall–Kier alpha value is -3.16. The second kappa shape index (κ2) is 48.8. The van der Waals surface area contributed by atoms with Crippen molar-refractivity contribution in [3.8, 4) is 0 Å². The first-order chi connectivity index (χ1) is 35.2. The lowest BCUT2D eigenvalue weighted by Gasteiger charge is -2.41. The first kappa shape index (κ1) is 66.9. The lowest BCUT2D eigenvalue weighted by molar-refractivity contribution is -0.305. The Morgan fingerprint density at radius 3 is 1.44 bits per heavy atom. The molecule has 0 spiro atoms. The van der Waals surface area contributed by atoms with Gasteiger partial charge < -0.3 is 45.1 Å². The highest BCUT2D eigenvalue weighted by Gasteiger charge is 2.47. The van der Waals surface area contributed by atoms with Gasteiger partial charge in [0.1, 0.15) is 24.4 Å². The van der Waals surface area contributed by atoms with Crippen LogP contribution in [0.3, 0.4) is 0 Å². The standard InChI is InChI=1S/C61H105NO10/c1-4-7-10-13-16-19-22-25-26-27-28-29-31-33-36-39-42-45-48-54(65)60(69)62-52(53(64)47-44-41-38-35-32-24-21-18-15-12-9-6-3)51-70-61-59(58(68)57(67)55(50-63)71-61)72-56(66)49-46-43-40-37-34-30-23-20-17-14-11-8-5-2/h7,10,16,19,25-26,28-29,33,36,42,44-45,47,52-55,57-59,61,63-65,67-68H,4-6,8-9,11-15,17-18,20-24,27,30-32,34-35,37-41,43,46,48-51H2,1-3H3,(H,62,69)/b10-7-,19-16-,26-25-,29-28-,36-33-,45-42-,47-44+. The van der Waals surface area contributed by atoms with Crippen LogP contribution in [0.15, 0.2) is 85.1 Å². The quantitative estimate of drug-likeness (QED) is 0.0196. The third-order valence-corrected chi connectivity index (χ3v) is 13.1. The minimum absolute atomic E-state index is 0.0556. The minimum atomic E-state index is -1.63. The van der Waals surface area contributed by atoms with Crippen LogP contribution in [0.25, 0.3) is 0 Å². The fourth-order valence-electron chi connectivity index (χ4n) is 8.49. The number of amides is 1. The van der Waals surface area contributed by atoms with E-state index in [1.54, 1.807) is 12.2 Å². The number of nitrogens with one attached hydrogen (secondary N) is 1. The highest BCUT2D eigenvalue weighted by molar-refractivity contribution is 5.81. The van der Waals surface area contributed by atoms with Crippen LogP contribution in [0.4, 0.5) is 0 Å². The van der Waals surface area contributed by atoms with Crippen molar-refractivity contribution in [3.63, 3.8) is 0 Å². The predicted octanol–water partition coefficient (Wildman–Crippen LogP) is 13.0. The number of ether oxygens (including phenoxy) is 3. The van der Waals surface area contributed by atoms with Crippen molar-refractivity contribution in [1.82, 2.24) is 5.32 Å². The highest BCUT2D eigenvalue weighted by atomic mass is 16.7. The van der Waals surface area contributed by atoms with Gasteiger partial charge in [0.25, 0.3) is 0 Å². The van der Waals surface area contributed by atoms with Crippen LogP contribution < -0.4 is 5.32 Å². The van der Waals surface area contributed by atoms with Gasteiger partial charge in [0.15, 0.2) is 12.4 Å². The molecule has 0 aromatic carbocycles. The summed E-state index contributed by atoms with van der Waals surface area (Å²) in [7, 11) is 0. The zero-order valence-corrected chi connectivity index (χ0v) is 45.5. The Labute approximate surface area is 438 Å². The van der Waals surface area contributed by atoms with Crippen molar-refractivity contribution in [2.75, 3.05) is 13.2 Å². The van der Waals surface area contributed by atoms with Crippen LogP contribution in [-0.2, 0) is 23.8 Å². The SMILES string of the molecule is CC/C=C\C/C=C\C/C=C\C/C=C\C/C=C\C/C=C\CC(O)C(=O)NC(COC1OC(CO)C(O)C(O)C1OC(=O)CCCCCCCCCCCCCCC)C(O)/C=C/CCCCCCCCCCCC. The van der Waals surface area contributed by atoms with E-state index in [4.69, 9.17) is 14.2 Å². The van der Waals surface area contributed by atoms with Gasteiger partial charge in [-0.3, -0.25) is 9.59 Å². The zero-order valence-electron chi connectivity index (χ0n) is 45.5. The number of aliphatic hydroxyl groups excluding tert-OH is 5. The normalized spacial score (nSPS) is 20.1. The van der Waals surface area contributed by atoms with Crippen molar-refractivity contribution in [3.05, 3.63) is 85.1 Å². The van der Waals surface area contributed by atoms with Crippen molar-refractivity contribution in [2.24, 2.45) is 0 Å². The maximum Gasteiger partial charge on any atom is 0.306 e. The summed E-state index contributed by atoms with van der Waals surface area (Å²) in [5.74, 6) is -1.29. The van der Waals surface area contributed by atoms with Gasteiger partial charge in [-0.05, 0) is 57.8 Å². The monoisotopic (exact) mass is 1010 g/mol. The van der Waals surface area contributed by atoms with Gasteiger partial charge in [-0.25, -0.2) is 0 Å². The van der Waals surface area contributed by atoms with Gasteiger partial charge in [0, 0.05) is 12.8 Å². The molecule has 0 bridgehead atoms. The predicted molar refractivity (Wildman–Crippen MR) is 296 cm³/mol. The number of aliphatic hydroxyl groups is 5. The van der Waals surface area contributed by atoms with E-state index in [-0.39, 0.29) is 19.4 Å². The molecule has 11 heteroatoms. The third-order valence-electron chi connectivity index (χ3n) is 13.1. The lowest BCUT2D eigenvalue weighted by Crippen LogP contribution is -2.61. The van der Waals surface area contributed by atoms with Crippen LogP contribution >= 0.6 is 0 Å². The summed E-state index contributed by atoms with van der Waals surface area (Å²) in [4.78, 5) is 26.4. The molecular weight excluding hydrogens is 907 g/mol. The van der Waals surface area contributed by atoms with E-state index in [0.717, 1.165) is 77.0 Å². The van der Waals surface area contributed by atoms with E-state index in [9.17, 15) is 35.1 Å². The summed E-state index contributed by atoms with van der Waals surface area (Å²) in [5, 5.41) is 56.7. The average Bonchev–Trinajstić information content (AvgIpc) is 3.38. The second-order valence-electron chi connectivity index (χ2n) is 19.7. The molecule has 8 unspecified atom stereocenters. The van der Waals surface area contributed by atoms with Crippen LogP contribution in [0.5, 0.6) is 0 Å². The van der Waals surface area contributed by atoms with Crippen molar-refractivity contribution >= 4 is 11.9 Å². The number of carbonyl (C=O) groups is 2. The Balaban J connectivity index is 2.79. The van der Waals surface area contributed by atoms with Crippen LogP contribution in [0.2, 0.25) is 0 Å². The molecule has 1 heterocycles. The Kier molecular flexibility index (Phi) is 45.3. The molecule has 11 nitrogen and oxygen atoms in total. The molecule has 414 valence electrons. The van der Waals surface area contributed by atoms with Crippen LogP contribution in [0.1, 0.15) is 226 Å².